The normalized spacial score (nSPS) is 11.8. The summed E-state index contributed by atoms with van der Waals surface area (Å²) >= 11 is 7.77. The molecule has 7 aromatic carbocycles. The van der Waals surface area contributed by atoms with Crippen LogP contribution in [0, 0.1) is 6.92 Å². The Morgan fingerprint density at radius 1 is 0.386 bits per heavy atom. The summed E-state index contributed by atoms with van der Waals surface area (Å²) < 4.78 is 74.3. The van der Waals surface area contributed by atoms with E-state index in [1.807, 2.05) is 72.8 Å². The van der Waals surface area contributed by atoms with Crippen molar-refractivity contribution in [1.82, 2.24) is 24.9 Å². The molecule has 12 aromatic rings. The molecule has 0 saturated carbocycles. The number of nitrogens with two attached hydrogens (primary N) is 2. The summed E-state index contributed by atoms with van der Waals surface area (Å²) in [5, 5.41) is 4.03. The van der Waals surface area contributed by atoms with E-state index in [1.165, 1.54) is 52.5 Å². The van der Waals surface area contributed by atoms with Gasteiger partial charge in [-0.05, 0) is 128 Å². The number of benzene rings is 7. The SMILES string of the molecule is Cc1ccc2nc(-c3ccc4nc(-c5ccc(N)c(S(=O)(=O)[O-])c5)sc4c3)sc2c1.Nc1ccc(-c2nc3ccc(-c4nc5ccc(-c6nc7ccccc7s6)cc5s4)cc3s2)cc1S(=O)(=O)[O-].[Na+].[Na+]. The molecular formula is C48H29N7Na2O6S7. The minimum Gasteiger partial charge on any atom is -0.744 e. The van der Waals surface area contributed by atoms with Crippen LogP contribution in [0.25, 0.3) is 104 Å². The first-order valence-corrected chi connectivity index (χ1v) is 27.2. The van der Waals surface area contributed by atoms with Gasteiger partial charge in [-0.3, -0.25) is 0 Å². The van der Waals surface area contributed by atoms with Crippen molar-refractivity contribution in [3.8, 4) is 52.9 Å². The molecule has 0 atom stereocenters. The third-order valence-electron chi connectivity index (χ3n) is 10.8. The fraction of sp³-hybridized carbons (Fsp3) is 0.0208. The first-order chi connectivity index (χ1) is 32.6. The van der Waals surface area contributed by atoms with Crippen molar-refractivity contribution < 1.29 is 85.1 Å². The number of nitrogen functional groups attached to an aromatic ring is 2. The number of rotatable bonds is 7. The summed E-state index contributed by atoms with van der Waals surface area (Å²) in [7, 11) is -9.34. The molecule has 0 fully saturated rings. The molecule has 0 amide bonds. The molecule has 0 spiro atoms. The molecule has 5 aromatic heterocycles. The van der Waals surface area contributed by atoms with E-state index in [1.54, 1.807) is 46.1 Å². The van der Waals surface area contributed by atoms with Gasteiger partial charge in [0.05, 0.1) is 60.9 Å². The van der Waals surface area contributed by atoms with Gasteiger partial charge in [0.25, 0.3) is 0 Å². The van der Waals surface area contributed by atoms with Crippen molar-refractivity contribution >= 4 is 139 Å². The summed E-state index contributed by atoms with van der Waals surface area (Å²) in [6.07, 6.45) is 0. The van der Waals surface area contributed by atoms with Crippen molar-refractivity contribution in [3.05, 3.63) is 139 Å². The van der Waals surface area contributed by atoms with Gasteiger partial charge in [-0.2, -0.15) is 0 Å². The Kier molecular flexibility index (Phi) is 14.2. The maximum atomic E-state index is 11.6. The van der Waals surface area contributed by atoms with Gasteiger partial charge in [-0.25, -0.2) is 41.8 Å². The van der Waals surface area contributed by atoms with Crippen LogP contribution in [0.1, 0.15) is 5.56 Å². The first-order valence-electron chi connectivity index (χ1n) is 20.3. The fourth-order valence-corrected chi connectivity index (χ4v) is 13.7. The molecule has 0 aliphatic carbocycles. The number of aromatic nitrogens is 5. The third-order valence-corrected chi connectivity index (χ3v) is 17.9. The molecule has 0 aliphatic heterocycles. The summed E-state index contributed by atoms with van der Waals surface area (Å²) in [6.45, 7) is 2.06. The number of thiazole rings is 5. The number of nitrogens with zero attached hydrogens (tertiary/aromatic N) is 5. The molecule has 4 N–H and O–H groups in total. The van der Waals surface area contributed by atoms with Gasteiger partial charge in [0, 0.05) is 39.2 Å². The van der Waals surface area contributed by atoms with Crippen LogP contribution in [0.15, 0.2) is 143 Å². The van der Waals surface area contributed by atoms with Crippen molar-refractivity contribution in [3.63, 3.8) is 0 Å². The number of aryl methyl sites for hydroxylation is 1. The van der Waals surface area contributed by atoms with E-state index in [2.05, 4.69) is 41.2 Å². The van der Waals surface area contributed by atoms with Gasteiger partial charge >= 0.3 is 59.1 Å². The van der Waals surface area contributed by atoms with Crippen molar-refractivity contribution in [1.29, 1.82) is 0 Å². The van der Waals surface area contributed by atoms with Gasteiger partial charge in [0.2, 0.25) is 0 Å². The topological polar surface area (TPSA) is 231 Å². The number of hydrogen-bond acceptors (Lipinski definition) is 18. The third kappa shape index (κ3) is 10.1. The van der Waals surface area contributed by atoms with Gasteiger partial charge in [0.1, 0.15) is 45.3 Å². The Morgan fingerprint density at radius 2 is 0.686 bits per heavy atom. The monoisotopic (exact) mass is 1070 g/mol. The Hall–Kier alpha value is -4.59. The average molecular weight is 1070 g/mol. The van der Waals surface area contributed by atoms with Crippen LogP contribution in [0.5, 0.6) is 0 Å². The molecular weight excluding hydrogens is 1040 g/mol. The summed E-state index contributed by atoms with van der Waals surface area (Å²) in [4.78, 5) is 22.7. The Morgan fingerprint density at radius 3 is 1.06 bits per heavy atom. The van der Waals surface area contributed by atoms with Crippen LogP contribution in [-0.2, 0) is 20.2 Å². The average Bonchev–Trinajstić information content (AvgIpc) is 4.16. The Bertz CT molecular complexity index is 4210. The van der Waals surface area contributed by atoms with Gasteiger partial charge < -0.3 is 20.6 Å². The molecule has 0 saturated heterocycles. The smallest absolute Gasteiger partial charge is 0.744 e. The molecule has 0 unspecified atom stereocenters. The summed E-state index contributed by atoms with van der Waals surface area (Å²) in [5.74, 6) is 0. The summed E-state index contributed by atoms with van der Waals surface area (Å²) in [6, 6.07) is 41.2. The molecule has 336 valence electrons. The minimum atomic E-state index is -4.69. The van der Waals surface area contributed by atoms with Crippen molar-refractivity contribution in [2.75, 3.05) is 11.5 Å². The predicted molar refractivity (Wildman–Crippen MR) is 275 cm³/mol. The Balaban J connectivity index is 0.000000174. The van der Waals surface area contributed by atoms with Crippen LogP contribution in [0.3, 0.4) is 0 Å². The first kappa shape index (κ1) is 50.4. The van der Waals surface area contributed by atoms with Crippen LogP contribution in [0.2, 0.25) is 0 Å². The van der Waals surface area contributed by atoms with Crippen LogP contribution in [-0.4, -0.2) is 50.9 Å². The largest absolute Gasteiger partial charge is 1.00 e. The zero-order valence-electron chi connectivity index (χ0n) is 36.9. The standard InChI is InChI=1S/C27H16N4O3S4.C21H15N3O3S3.2Na/c28-17-8-5-16(13-24(17)38(32,33)34)27-31-20-10-7-15(12-23(20)37-27)26-30-19-9-6-14(11-22(19)36-26)25-29-18-3-1-2-4-21(18)35-25;1-11-2-6-15-17(8-11)28-20(23-15)12-4-7-16-18(9-12)29-21(24-16)13-3-5-14(22)19(10-13)30(25,26)27;;/h1-13H,28H2,(H,32,33,34);2-10H,22H2,1H3,(H,25,26,27);;/q;;2*+1/p-2. The van der Waals surface area contributed by atoms with E-state index in [9.17, 15) is 25.9 Å². The zero-order valence-corrected chi connectivity index (χ0v) is 46.6. The molecule has 0 aliphatic rings. The predicted octanol–water partition coefficient (Wildman–Crippen LogP) is 6.05. The number of anilines is 2. The number of hydrogen-bond donors (Lipinski definition) is 2. The van der Waals surface area contributed by atoms with Gasteiger partial charge in [-0.1, -0.05) is 18.2 Å². The molecule has 12 rings (SSSR count). The molecule has 70 heavy (non-hydrogen) atoms. The van der Waals surface area contributed by atoms with E-state index in [4.69, 9.17) is 26.4 Å². The van der Waals surface area contributed by atoms with E-state index >= 15 is 0 Å². The molecule has 22 heteroatoms. The molecule has 0 bridgehead atoms. The van der Waals surface area contributed by atoms with Gasteiger partial charge in [-0.15, -0.1) is 56.7 Å². The second kappa shape index (κ2) is 19.8. The van der Waals surface area contributed by atoms with Crippen molar-refractivity contribution in [2.45, 2.75) is 16.7 Å². The molecule has 13 nitrogen and oxygen atoms in total. The minimum absolute atomic E-state index is 0. The van der Waals surface area contributed by atoms with Crippen LogP contribution >= 0.6 is 56.7 Å². The van der Waals surface area contributed by atoms with Gasteiger partial charge in [0.15, 0.2) is 0 Å². The second-order valence-electron chi connectivity index (χ2n) is 15.5. The van der Waals surface area contributed by atoms with E-state index in [0.717, 1.165) is 82.8 Å². The maximum absolute atomic E-state index is 11.6. The quantitative estimate of drug-likeness (QED) is 0.105. The summed E-state index contributed by atoms with van der Waals surface area (Å²) in [5.41, 5.74) is 21.0. The van der Waals surface area contributed by atoms with E-state index < -0.39 is 30.0 Å². The number of para-hydroxylation sites is 1. The maximum Gasteiger partial charge on any atom is 1.00 e. The Labute approximate surface area is 464 Å². The van der Waals surface area contributed by atoms with E-state index in [0.29, 0.717) is 21.1 Å². The molecule has 5 heterocycles. The second-order valence-corrected chi connectivity index (χ2v) is 23.3. The molecule has 0 radical (unpaired) electrons. The van der Waals surface area contributed by atoms with Crippen molar-refractivity contribution in [2.24, 2.45) is 0 Å². The van der Waals surface area contributed by atoms with Crippen LogP contribution in [0.4, 0.5) is 11.4 Å². The zero-order chi connectivity index (χ0) is 47.1. The fourth-order valence-electron chi connectivity index (χ4n) is 7.46. The number of fused-ring (bicyclic) bond motifs is 5. The van der Waals surface area contributed by atoms with Crippen LogP contribution < -0.4 is 70.6 Å². The van der Waals surface area contributed by atoms with E-state index in [-0.39, 0.29) is 70.5 Å².